The van der Waals surface area contributed by atoms with Gasteiger partial charge in [0.05, 0.1) is 12.0 Å². The van der Waals surface area contributed by atoms with Crippen molar-refractivity contribution in [2.24, 2.45) is 5.92 Å². The van der Waals surface area contributed by atoms with E-state index < -0.39 is 8.32 Å². The fraction of sp³-hybridized carbons (Fsp3) is 0.909. The summed E-state index contributed by atoms with van der Waals surface area (Å²) in [6.45, 7) is 13.9. The van der Waals surface area contributed by atoms with Crippen molar-refractivity contribution in [3.8, 4) is 0 Å². The van der Waals surface area contributed by atoms with Crippen molar-refractivity contribution in [1.29, 1.82) is 0 Å². The van der Waals surface area contributed by atoms with Gasteiger partial charge in [0.15, 0.2) is 8.32 Å². The molecular weight excluding hydrogens is 206 g/mol. The Balaban J connectivity index is 2.57. The second-order valence-corrected chi connectivity index (χ2v) is 10.7. The molecule has 1 saturated heterocycles. The van der Waals surface area contributed by atoms with Gasteiger partial charge in [-0.3, -0.25) is 4.79 Å². The molecular formula is C11H23NO2Si. The first-order valence-corrected chi connectivity index (χ1v) is 8.51. The molecule has 0 radical (unpaired) electrons. The minimum Gasteiger partial charge on any atom is -0.413 e. The van der Waals surface area contributed by atoms with Gasteiger partial charge in [-0.05, 0) is 25.1 Å². The minimum absolute atomic E-state index is 0.0552. The van der Waals surface area contributed by atoms with Crippen LogP contribution in [0.3, 0.4) is 0 Å². The Morgan fingerprint density at radius 2 is 2.00 bits per heavy atom. The van der Waals surface area contributed by atoms with E-state index in [2.05, 4.69) is 39.2 Å². The monoisotopic (exact) mass is 229 g/mol. The molecule has 0 aromatic heterocycles. The summed E-state index contributed by atoms with van der Waals surface area (Å²) in [5, 5.41) is 2.97. The Kier molecular flexibility index (Phi) is 3.31. The van der Waals surface area contributed by atoms with Gasteiger partial charge in [-0.2, -0.15) is 0 Å². The lowest BCUT2D eigenvalue weighted by Gasteiger charge is -2.41. The van der Waals surface area contributed by atoms with E-state index in [9.17, 15) is 4.79 Å². The largest absolute Gasteiger partial charge is 0.413 e. The van der Waals surface area contributed by atoms with E-state index in [4.69, 9.17) is 4.43 Å². The van der Waals surface area contributed by atoms with Crippen molar-refractivity contribution in [1.82, 2.24) is 5.32 Å². The SMILES string of the molecule is C[C@H](O[Si](C)(C)C(C)(C)C)C1CNC1=O. The number of hydrogen-bond acceptors (Lipinski definition) is 2. The van der Waals surface area contributed by atoms with Gasteiger partial charge >= 0.3 is 0 Å². The van der Waals surface area contributed by atoms with E-state index in [1.54, 1.807) is 0 Å². The second-order valence-electron chi connectivity index (χ2n) is 5.93. The van der Waals surface area contributed by atoms with Crippen molar-refractivity contribution in [2.45, 2.75) is 51.9 Å². The quantitative estimate of drug-likeness (QED) is 0.595. The van der Waals surface area contributed by atoms with E-state index in [1.165, 1.54) is 0 Å². The van der Waals surface area contributed by atoms with Crippen LogP contribution in [0.15, 0.2) is 0 Å². The predicted molar refractivity (Wildman–Crippen MR) is 64.2 cm³/mol. The average Bonchev–Trinajstić information content (AvgIpc) is 1.98. The molecule has 1 unspecified atom stereocenters. The van der Waals surface area contributed by atoms with Gasteiger partial charge in [-0.15, -0.1) is 0 Å². The molecule has 1 heterocycles. The summed E-state index contributed by atoms with van der Waals surface area (Å²) in [6.07, 6.45) is 0.0552. The molecule has 15 heavy (non-hydrogen) atoms. The highest BCUT2D eigenvalue weighted by atomic mass is 28.4. The molecule has 0 aromatic rings. The summed E-state index contributed by atoms with van der Waals surface area (Å²) < 4.78 is 6.15. The number of nitrogens with one attached hydrogen (secondary N) is 1. The maximum absolute atomic E-state index is 11.2. The molecule has 4 heteroatoms. The number of hydrogen-bond donors (Lipinski definition) is 1. The highest BCUT2D eigenvalue weighted by Crippen LogP contribution is 2.38. The maximum atomic E-state index is 11.2. The van der Waals surface area contributed by atoms with Crippen LogP contribution in [-0.2, 0) is 9.22 Å². The molecule has 1 fully saturated rings. The molecule has 0 aromatic carbocycles. The summed E-state index contributed by atoms with van der Waals surface area (Å²) in [6, 6.07) is 0. The standard InChI is InChI=1S/C11H23NO2Si/c1-8(9-7-12-10(9)13)14-15(5,6)11(2,3)4/h8-9H,7H2,1-6H3,(H,12,13)/t8-,9?/m0/s1. The number of amides is 1. The highest BCUT2D eigenvalue weighted by Gasteiger charge is 2.42. The van der Waals surface area contributed by atoms with E-state index in [0.29, 0.717) is 0 Å². The Bertz CT molecular complexity index is 258. The fourth-order valence-corrected chi connectivity index (χ4v) is 2.85. The van der Waals surface area contributed by atoms with E-state index in [1.807, 2.05) is 6.92 Å². The van der Waals surface area contributed by atoms with Gasteiger partial charge in [0.1, 0.15) is 0 Å². The first kappa shape index (κ1) is 12.7. The van der Waals surface area contributed by atoms with Crippen molar-refractivity contribution < 1.29 is 9.22 Å². The predicted octanol–water partition coefficient (Wildman–Crippen LogP) is 2.14. The fourth-order valence-electron chi connectivity index (χ4n) is 1.41. The van der Waals surface area contributed by atoms with Gasteiger partial charge in [0, 0.05) is 6.54 Å². The Morgan fingerprint density at radius 3 is 2.27 bits per heavy atom. The van der Waals surface area contributed by atoms with E-state index in [-0.39, 0.29) is 23.0 Å². The molecule has 0 saturated carbocycles. The molecule has 2 atom stereocenters. The van der Waals surface area contributed by atoms with Crippen LogP contribution in [0.4, 0.5) is 0 Å². The van der Waals surface area contributed by atoms with Crippen LogP contribution in [0, 0.1) is 5.92 Å². The number of rotatable bonds is 3. The summed E-state index contributed by atoms with van der Waals surface area (Å²) in [4.78, 5) is 11.2. The molecule has 0 spiro atoms. The zero-order valence-corrected chi connectivity index (χ0v) is 11.7. The van der Waals surface area contributed by atoms with E-state index >= 15 is 0 Å². The van der Waals surface area contributed by atoms with Gasteiger partial charge in [-0.1, -0.05) is 20.8 Å². The van der Waals surface area contributed by atoms with Crippen LogP contribution >= 0.6 is 0 Å². The summed E-state index contributed by atoms with van der Waals surface area (Å²) in [7, 11) is -1.72. The first-order valence-electron chi connectivity index (χ1n) is 5.61. The second kappa shape index (κ2) is 3.90. The first-order chi connectivity index (χ1) is 6.65. The Morgan fingerprint density at radius 1 is 1.47 bits per heavy atom. The van der Waals surface area contributed by atoms with Crippen LogP contribution in [0.2, 0.25) is 18.1 Å². The molecule has 1 aliphatic heterocycles. The van der Waals surface area contributed by atoms with Gasteiger partial charge in [-0.25, -0.2) is 0 Å². The topological polar surface area (TPSA) is 38.3 Å². The third kappa shape index (κ3) is 2.61. The Labute approximate surface area is 93.7 Å². The molecule has 0 aliphatic carbocycles. The molecule has 1 amide bonds. The lowest BCUT2D eigenvalue weighted by molar-refractivity contribution is -0.135. The van der Waals surface area contributed by atoms with Crippen LogP contribution in [0.5, 0.6) is 0 Å². The van der Waals surface area contributed by atoms with Gasteiger partial charge in [0.25, 0.3) is 0 Å². The van der Waals surface area contributed by atoms with Crippen molar-refractivity contribution >= 4 is 14.2 Å². The van der Waals surface area contributed by atoms with Crippen LogP contribution in [-0.4, -0.2) is 26.9 Å². The molecule has 1 aliphatic rings. The minimum atomic E-state index is -1.72. The molecule has 1 N–H and O–H groups in total. The third-order valence-electron chi connectivity index (χ3n) is 3.69. The molecule has 1 rings (SSSR count). The van der Waals surface area contributed by atoms with E-state index in [0.717, 1.165) is 6.54 Å². The number of carbonyl (C=O) groups is 1. The van der Waals surface area contributed by atoms with Crippen LogP contribution in [0.25, 0.3) is 0 Å². The summed E-state index contributed by atoms with van der Waals surface area (Å²) >= 11 is 0. The number of carbonyl (C=O) groups excluding carboxylic acids is 1. The zero-order valence-electron chi connectivity index (χ0n) is 10.7. The lowest BCUT2D eigenvalue weighted by atomic mass is 9.97. The zero-order chi connectivity index (χ0) is 11.9. The number of β-lactam (4-membered cyclic amide) rings is 1. The maximum Gasteiger partial charge on any atom is 0.227 e. The van der Waals surface area contributed by atoms with Crippen molar-refractivity contribution in [3.63, 3.8) is 0 Å². The highest BCUT2D eigenvalue weighted by molar-refractivity contribution is 6.74. The molecule has 3 nitrogen and oxygen atoms in total. The Hall–Kier alpha value is -0.353. The van der Waals surface area contributed by atoms with Crippen molar-refractivity contribution in [2.75, 3.05) is 6.54 Å². The summed E-state index contributed by atoms with van der Waals surface area (Å²) in [5.41, 5.74) is 0. The van der Waals surface area contributed by atoms with Gasteiger partial charge < -0.3 is 9.74 Å². The van der Waals surface area contributed by atoms with Crippen LogP contribution < -0.4 is 5.32 Å². The van der Waals surface area contributed by atoms with Gasteiger partial charge in [0.2, 0.25) is 5.91 Å². The molecule has 88 valence electrons. The average molecular weight is 229 g/mol. The third-order valence-corrected chi connectivity index (χ3v) is 8.26. The van der Waals surface area contributed by atoms with Crippen molar-refractivity contribution in [3.05, 3.63) is 0 Å². The molecule has 0 bridgehead atoms. The lowest BCUT2D eigenvalue weighted by Crippen LogP contribution is -2.56. The smallest absolute Gasteiger partial charge is 0.227 e. The summed E-state index contributed by atoms with van der Waals surface area (Å²) in [5.74, 6) is 0.209. The normalized spacial score (nSPS) is 24.4. The van der Waals surface area contributed by atoms with Crippen LogP contribution in [0.1, 0.15) is 27.7 Å².